The Kier molecular flexibility index (Phi) is 3.74. The molecule has 2 rings (SSSR count). The molecule has 0 amide bonds. The Hall–Kier alpha value is -1.00. The zero-order valence-electron chi connectivity index (χ0n) is 10.5. The van der Waals surface area contributed by atoms with Crippen molar-refractivity contribution in [2.24, 2.45) is 0 Å². The lowest BCUT2D eigenvalue weighted by atomic mass is 10.2. The Bertz CT molecular complexity index is 409. The third-order valence-corrected chi connectivity index (χ3v) is 3.22. The molecule has 4 nitrogen and oxygen atoms in total. The summed E-state index contributed by atoms with van der Waals surface area (Å²) >= 11 is 6.27. The van der Waals surface area contributed by atoms with Crippen LogP contribution in [0.3, 0.4) is 0 Å². The molecule has 0 aliphatic carbocycles. The van der Waals surface area contributed by atoms with E-state index >= 15 is 0 Å². The largest absolute Gasteiger partial charge is 0.476 e. The van der Waals surface area contributed by atoms with E-state index in [0.29, 0.717) is 23.6 Å². The number of anilines is 1. The summed E-state index contributed by atoms with van der Waals surface area (Å²) in [5, 5.41) is 3.94. The summed E-state index contributed by atoms with van der Waals surface area (Å²) in [6.45, 7) is 6.45. The normalized spacial score (nSPS) is 15.1. The molecule has 0 atom stereocenters. The summed E-state index contributed by atoms with van der Waals surface area (Å²) in [6, 6.07) is 2.29. The van der Waals surface area contributed by atoms with E-state index in [9.17, 15) is 0 Å². The quantitative estimate of drug-likeness (QED) is 0.878. The highest BCUT2D eigenvalue weighted by Crippen LogP contribution is 2.30. The summed E-state index contributed by atoms with van der Waals surface area (Å²) in [5.74, 6) is 1.48. The molecule has 1 aliphatic rings. The monoisotopic (exact) mass is 255 g/mol. The Morgan fingerprint density at radius 1 is 1.53 bits per heavy atom. The second-order valence-electron chi connectivity index (χ2n) is 4.49. The zero-order valence-corrected chi connectivity index (χ0v) is 11.2. The molecule has 17 heavy (non-hydrogen) atoms. The SMILES string of the molecule is CC(C)N(C)c1nc2c(cc1Cl)CNCCO2. The summed E-state index contributed by atoms with van der Waals surface area (Å²) in [6.07, 6.45) is 0. The maximum Gasteiger partial charge on any atom is 0.219 e. The lowest BCUT2D eigenvalue weighted by Gasteiger charge is -2.24. The molecule has 0 aromatic carbocycles. The van der Waals surface area contributed by atoms with Crippen LogP contribution in [0.4, 0.5) is 5.82 Å². The molecule has 0 saturated carbocycles. The van der Waals surface area contributed by atoms with Crippen LogP contribution in [0.25, 0.3) is 0 Å². The molecule has 1 aliphatic heterocycles. The number of aromatic nitrogens is 1. The second-order valence-corrected chi connectivity index (χ2v) is 4.90. The second kappa shape index (κ2) is 5.10. The first-order chi connectivity index (χ1) is 8.09. The number of pyridine rings is 1. The Morgan fingerprint density at radius 3 is 3.00 bits per heavy atom. The highest BCUT2D eigenvalue weighted by atomic mass is 35.5. The molecule has 0 unspecified atom stereocenters. The van der Waals surface area contributed by atoms with Gasteiger partial charge in [0.2, 0.25) is 5.88 Å². The first-order valence-electron chi connectivity index (χ1n) is 5.85. The number of fused-ring (bicyclic) bond motifs is 1. The first-order valence-corrected chi connectivity index (χ1v) is 6.23. The van der Waals surface area contributed by atoms with E-state index in [2.05, 4.69) is 24.1 Å². The minimum atomic E-state index is 0.349. The molecule has 0 saturated heterocycles. The fourth-order valence-corrected chi connectivity index (χ4v) is 1.99. The predicted octanol–water partition coefficient (Wildman–Crippen LogP) is 2.06. The molecular weight excluding hydrogens is 238 g/mol. The minimum absolute atomic E-state index is 0.349. The van der Waals surface area contributed by atoms with Crippen LogP contribution in [0.5, 0.6) is 5.88 Å². The van der Waals surface area contributed by atoms with Gasteiger partial charge in [-0.3, -0.25) is 0 Å². The van der Waals surface area contributed by atoms with E-state index in [-0.39, 0.29) is 0 Å². The Labute approximate surface area is 107 Å². The molecule has 1 aromatic rings. The zero-order chi connectivity index (χ0) is 12.4. The van der Waals surface area contributed by atoms with Crippen molar-refractivity contribution in [3.63, 3.8) is 0 Å². The van der Waals surface area contributed by atoms with Gasteiger partial charge in [-0.2, -0.15) is 4.98 Å². The molecular formula is C12H18ClN3O. The highest BCUT2D eigenvalue weighted by molar-refractivity contribution is 6.33. The van der Waals surface area contributed by atoms with Gasteiger partial charge < -0.3 is 15.0 Å². The highest BCUT2D eigenvalue weighted by Gasteiger charge is 2.17. The van der Waals surface area contributed by atoms with Crippen molar-refractivity contribution in [2.75, 3.05) is 25.1 Å². The molecule has 5 heteroatoms. The lowest BCUT2D eigenvalue weighted by Crippen LogP contribution is -2.27. The minimum Gasteiger partial charge on any atom is -0.476 e. The van der Waals surface area contributed by atoms with Crippen molar-refractivity contribution < 1.29 is 4.74 Å². The van der Waals surface area contributed by atoms with E-state index < -0.39 is 0 Å². The van der Waals surface area contributed by atoms with E-state index in [1.54, 1.807) is 0 Å². The van der Waals surface area contributed by atoms with E-state index in [1.807, 2.05) is 18.0 Å². The summed E-state index contributed by atoms with van der Waals surface area (Å²) < 4.78 is 5.62. The fourth-order valence-electron chi connectivity index (χ4n) is 1.69. The Balaban J connectivity index is 2.38. The van der Waals surface area contributed by atoms with Gasteiger partial charge in [0.1, 0.15) is 6.61 Å². The number of hydrogen-bond donors (Lipinski definition) is 1. The van der Waals surface area contributed by atoms with E-state index in [1.165, 1.54) is 0 Å². The van der Waals surface area contributed by atoms with Crippen molar-refractivity contribution in [1.82, 2.24) is 10.3 Å². The van der Waals surface area contributed by atoms with E-state index in [4.69, 9.17) is 16.3 Å². The van der Waals surface area contributed by atoms with Gasteiger partial charge in [-0.25, -0.2) is 0 Å². The molecule has 0 radical (unpaired) electrons. The average Bonchev–Trinajstić information content (AvgIpc) is 2.51. The average molecular weight is 256 g/mol. The van der Waals surface area contributed by atoms with Gasteiger partial charge in [0, 0.05) is 31.7 Å². The number of nitrogens with one attached hydrogen (secondary N) is 1. The van der Waals surface area contributed by atoms with Crippen LogP contribution < -0.4 is 15.0 Å². The van der Waals surface area contributed by atoms with Crippen LogP contribution in [-0.2, 0) is 6.54 Å². The molecule has 94 valence electrons. The molecule has 0 bridgehead atoms. The summed E-state index contributed by atoms with van der Waals surface area (Å²) in [5.41, 5.74) is 1.02. The van der Waals surface area contributed by atoms with Crippen LogP contribution >= 0.6 is 11.6 Å². The summed E-state index contributed by atoms with van der Waals surface area (Å²) in [4.78, 5) is 6.57. The van der Waals surface area contributed by atoms with Gasteiger partial charge in [0.05, 0.1) is 5.02 Å². The molecule has 0 spiro atoms. The number of nitrogens with zero attached hydrogens (tertiary/aromatic N) is 2. The third-order valence-electron chi connectivity index (χ3n) is 2.94. The first kappa shape index (κ1) is 12.5. The standard InChI is InChI=1S/C12H18ClN3O/c1-8(2)16(3)11-10(13)6-9-7-14-4-5-17-12(9)15-11/h6,8,14H,4-5,7H2,1-3H3. The van der Waals surface area contributed by atoms with Gasteiger partial charge in [0.25, 0.3) is 0 Å². The predicted molar refractivity (Wildman–Crippen MR) is 70.0 cm³/mol. The van der Waals surface area contributed by atoms with Gasteiger partial charge in [-0.15, -0.1) is 0 Å². The van der Waals surface area contributed by atoms with Crippen molar-refractivity contribution in [1.29, 1.82) is 0 Å². The smallest absolute Gasteiger partial charge is 0.219 e. The van der Waals surface area contributed by atoms with Crippen LogP contribution in [0.15, 0.2) is 6.07 Å². The van der Waals surface area contributed by atoms with Crippen LogP contribution in [0, 0.1) is 0 Å². The maximum absolute atomic E-state index is 6.27. The van der Waals surface area contributed by atoms with Gasteiger partial charge in [0.15, 0.2) is 5.82 Å². The van der Waals surface area contributed by atoms with E-state index in [0.717, 1.165) is 24.5 Å². The van der Waals surface area contributed by atoms with Crippen LogP contribution in [0.1, 0.15) is 19.4 Å². The van der Waals surface area contributed by atoms with Crippen molar-refractivity contribution in [2.45, 2.75) is 26.4 Å². The number of ether oxygens (including phenoxy) is 1. The number of hydrogen-bond acceptors (Lipinski definition) is 4. The maximum atomic E-state index is 6.27. The van der Waals surface area contributed by atoms with Gasteiger partial charge in [-0.1, -0.05) is 11.6 Å². The van der Waals surface area contributed by atoms with Gasteiger partial charge >= 0.3 is 0 Å². The van der Waals surface area contributed by atoms with Gasteiger partial charge in [-0.05, 0) is 19.9 Å². The third kappa shape index (κ3) is 2.64. The van der Waals surface area contributed by atoms with Crippen molar-refractivity contribution >= 4 is 17.4 Å². The van der Waals surface area contributed by atoms with Crippen molar-refractivity contribution in [3.05, 3.63) is 16.7 Å². The van der Waals surface area contributed by atoms with Crippen LogP contribution in [0.2, 0.25) is 5.02 Å². The summed E-state index contributed by atoms with van der Waals surface area (Å²) in [7, 11) is 1.99. The molecule has 1 aromatic heterocycles. The molecule has 0 fully saturated rings. The Morgan fingerprint density at radius 2 is 2.29 bits per heavy atom. The molecule has 1 N–H and O–H groups in total. The van der Waals surface area contributed by atoms with Crippen molar-refractivity contribution in [3.8, 4) is 5.88 Å². The lowest BCUT2D eigenvalue weighted by molar-refractivity contribution is 0.314. The number of halogens is 1. The fraction of sp³-hybridized carbons (Fsp3) is 0.583. The molecule has 2 heterocycles. The topological polar surface area (TPSA) is 37.4 Å². The number of rotatable bonds is 2. The van der Waals surface area contributed by atoms with Crippen LogP contribution in [-0.4, -0.2) is 31.2 Å².